The Kier molecular flexibility index (Phi) is 2.03. The quantitative estimate of drug-likeness (QED) is 0.615. The van der Waals surface area contributed by atoms with Crippen molar-refractivity contribution in [1.82, 2.24) is 0 Å². The van der Waals surface area contributed by atoms with Crippen molar-refractivity contribution in [3.63, 3.8) is 0 Å². The Morgan fingerprint density at radius 2 is 2.25 bits per heavy atom. The zero-order chi connectivity index (χ0) is 8.55. The summed E-state index contributed by atoms with van der Waals surface area (Å²) < 4.78 is 13.9. The van der Waals surface area contributed by atoms with Gasteiger partial charge in [-0.3, -0.25) is 0 Å². The summed E-state index contributed by atoms with van der Waals surface area (Å²) in [5.41, 5.74) is 1.01. The summed E-state index contributed by atoms with van der Waals surface area (Å²) in [6, 6.07) is 4.78. The Hall–Kier alpha value is -0.600. The molecule has 0 atom stereocenters. The summed E-state index contributed by atoms with van der Waals surface area (Å²) >= 11 is 7.28. The van der Waals surface area contributed by atoms with E-state index in [9.17, 15) is 4.39 Å². The summed E-state index contributed by atoms with van der Waals surface area (Å²) in [5.74, 6) is 0.246. The normalized spacial score (nSPS) is 10.8. The molecule has 0 aliphatic carbocycles. The van der Waals surface area contributed by atoms with E-state index in [1.807, 2.05) is 5.38 Å². The first-order valence-corrected chi connectivity index (χ1v) is 4.94. The zero-order valence-electron chi connectivity index (χ0n) is 6.18. The molecular weight excluding hydrogens is 195 g/mol. The van der Waals surface area contributed by atoms with Crippen molar-refractivity contribution in [3.8, 4) is 0 Å². The van der Waals surface area contributed by atoms with Crippen molar-refractivity contribution >= 4 is 33.0 Å². The van der Waals surface area contributed by atoms with E-state index in [4.69, 9.17) is 11.6 Å². The smallest absolute Gasteiger partial charge is 0.123 e. The highest BCUT2D eigenvalue weighted by Crippen LogP contribution is 2.27. The van der Waals surface area contributed by atoms with Crippen molar-refractivity contribution in [1.29, 1.82) is 0 Å². The number of alkyl halides is 1. The van der Waals surface area contributed by atoms with E-state index in [-0.39, 0.29) is 5.82 Å². The van der Waals surface area contributed by atoms with Gasteiger partial charge in [-0.05, 0) is 34.5 Å². The lowest BCUT2D eigenvalue weighted by Crippen LogP contribution is -1.75. The van der Waals surface area contributed by atoms with Crippen molar-refractivity contribution in [2.45, 2.75) is 5.88 Å². The molecule has 0 saturated heterocycles. The highest BCUT2D eigenvalue weighted by atomic mass is 35.5. The highest BCUT2D eigenvalue weighted by molar-refractivity contribution is 7.17. The zero-order valence-corrected chi connectivity index (χ0v) is 7.75. The molecule has 62 valence electrons. The van der Waals surface area contributed by atoms with E-state index < -0.39 is 0 Å². The first-order chi connectivity index (χ1) is 5.81. The van der Waals surface area contributed by atoms with E-state index in [1.165, 1.54) is 12.1 Å². The molecule has 12 heavy (non-hydrogen) atoms. The molecule has 0 spiro atoms. The maximum Gasteiger partial charge on any atom is 0.123 e. The predicted molar refractivity (Wildman–Crippen MR) is 51.3 cm³/mol. The first kappa shape index (κ1) is 8.02. The maximum absolute atomic E-state index is 12.8. The van der Waals surface area contributed by atoms with E-state index in [0.717, 1.165) is 15.6 Å². The van der Waals surface area contributed by atoms with E-state index in [0.29, 0.717) is 5.88 Å². The topological polar surface area (TPSA) is 0 Å². The van der Waals surface area contributed by atoms with E-state index >= 15 is 0 Å². The van der Waals surface area contributed by atoms with Crippen LogP contribution in [0.5, 0.6) is 0 Å². The van der Waals surface area contributed by atoms with Crippen LogP contribution < -0.4 is 0 Å². The molecule has 2 rings (SSSR count). The second-order valence-electron chi connectivity index (χ2n) is 2.54. The Bertz CT molecular complexity index is 408. The average molecular weight is 201 g/mol. The Labute approximate surface area is 78.6 Å². The van der Waals surface area contributed by atoms with E-state index in [2.05, 4.69) is 0 Å². The van der Waals surface area contributed by atoms with Crippen LogP contribution >= 0.6 is 22.9 Å². The minimum atomic E-state index is -0.202. The van der Waals surface area contributed by atoms with Gasteiger partial charge in [0.1, 0.15) is 5.82 Å². The number of hydrogen-bond donors (Lipinski definition) is 0. The molecule has 0 nitrogen and oxygen atoms in total. The Balaban J connectivity index is 2.75. The first-order valence-electron chi connectivity index (χ1n) is 3.53. The minimum absolute atomic E-state index is 0.202. The standard InChI is InChI=1S/C9H6ClFS/c10-4-6-5-12-9-2-1-7(11)3-8(6)9/h1-3,5H,4H2. The van der Waals surface area contributed by atoms with Crippen LogP contribution in [0.3, 0.4) is 0 Å². The number of rotatable bonds is 1. The van der Waals surface area contributed by atoms with Gasteiger partial charge in [0, 0.05) is 10.6 Å². The number of thiophene rings is 1. The number of benzene rings is 1. The lowest BCUT2D eigenvalue weighted by atomic mass is 10.2. The molecule has 0 radical (unpaired) electrons. The number of hydrogen-bond acceptors (Lipinski definition) is 1. The van der Waals surface area contributed by atoms with Gasteiger partial charge >= 0.3 is 0 Å². The van der Waals surface area contributed by atoms with Crippen LogP contribution in [0.2, 0.25) is 0 Å². The largest absolute Gasteiger partial charge is 0.207 e. The molecule has 3 heteroatoms. The third-order valence-electron chi connectivity index (χ3n) is 1.76. The SMILES string of the molecule is Fc1ccc2scc(CCl)c2c1. The summed E-state index contributed by atoms with van der Waals surface area (Å²) in [6.07, 6.45) is 0. The van der Waals surface area contributed by atoms with E-state index in [1.54, 1.807) is 17.4 Å². The van der Waals surface area contributed by atoms with Crippen LogP contribution in [0.15, 0.2) is 23.6 Å². The summed E-state index contributed by atoms with van der Waals surface area (Å²) in [7, 11) is 0. The molecule has 0 unspecified atom stereocenters. The molecule has 0 aliphatic heterocycles. The molecule has 0 aliphatic rings. The lowest BCUT2D eigenvalue weighted by Gasteiger charge is -1.92. The lowest BCUT2D eigenvalue weighted by molar-refractivity contribution is 0.630. The molecule has 0 amide bonds. The fourth-order valence-corrected chi connectivity index (χ4v) is 2.41. The van der Waals surface area contributed by atoms with Crippen LogP contribution in [0.25, 0.3) is 10.1 Å². The van der Waals surface area contributed by atoms with Gasteiger partial charge in [-0.2, -0.15) is 0 Å². The molecule has 1 aromatic heterocycles. The van der Waals surface area contributed by atoms with Gasteiger partial charge in [-0.25, -0.2) is 4.39 Å². The Morgan fingerprint density at radius 3 is 3.00 bits per heavy atom. The van der Waals surface area contributed by atoms with Crippen molar-refractivity contribution in [3.05, 3.63) is 35.0 Å². The molecule has 0 N–H and O–H groups in total. The minimum Gasteiger partial charge on any atom is -0.207 e. The van der Waals surface area contributed by atoms with Crippen molar-refractivity contribution in [2.24, 2.45) is 0 Å². The molecule has 1 heterocycles. The van der Waals surface area contributed by atoms with Gasteiger partial charge in [0.2, 0.25) is 0 Å². The van der Waals surface area contributed by atoms with Crippen LogP contribution in [0.1, 0.15) is 5.56 Å². The second kappa shape index (κ2) is 3.04. The third kappa shape index (κ3) is 1.21. The molecule has 0 saturated carbocycles. The van der Waals surface area contributed by atoms with Gasteiger partial charge in [-0.1, -0.05) is 0 Å². The molecule has 0 bridgehead atoms. The molecule has 0 fully saturated rings. The fourth-order valence-electron chi connectivity index (χ4n) is 1.16. The summed E-state index contributed by atoms with van der Waals surface area (Å²) in [5, 5.41) is 2.91. The Morgan fingerprint density at radius 1 is 1.42 bits per heavy atom. The monoisotopic (exact) mass is 200 g/mol. The van der Waals surface area contributed by atoms with Crippen molar-refractivity contribution in [2.75, 3.05) is 0 Å². The van der Waals surface area contributed by atoms with Crippen LogP contribution in [-0.4, -0.2) is 0 Å². The van der Waals surface area contributed by atoms with Crippen molar-refractivity contribution < 1.29 is 4.39 Å². The molecular formula is C9H6ClFS. The predicted octanol–water partition coefficient (Wildman–Crippen LogP) is 3.78. The second-order valence-corrected chi connectivity index (χ2v) is 3.71. The van der Waals surface area contributed by atoms with Gasteiger partial charge in [0.05, 0.1) is 0 Å². The highest BCUT2D eigenvalue weighted by Gasteiger charge is 2.03. The van der Waals surface area contributed by atoms with Crippen LogP contribution in [0, 0.1) is 5.82 Å². The summed E-state index contributed by atoms with van der Waals surface area (Å²) in [6.45, 7) is 0. The van der Waals surface area contributed by atoms with Crippen LogP contribution in [-0.2, 0) is 5.88 Å². The van der Waals surface area contributed by atoms with Gasteiger partial charge in [-0.15, -0.1) is 22.9 Å². The summed E-state index contributed by atoms with van der Waals surface area (Å²) in [4.78, 5) is 0. The average Bonchev–Trinajstić information content (AvgIpc) is 2.46. The van der Waals surface area contributed by atoms with Crippen LogP contribution in [0.4, 0.5) is 4.39 Å². The molecule has 1 aromatic carbocycles. The maximum atomic E-state index is 12.8. The molecule has 2 aromatic rings. The van der Waals surface area contributed by atoms with Gasteiger partial charge in [0.15, 0.2) is 0 Å². The number of halogens is 2. The fraction of sp³-hybridized carbons (Fsp3) is 0.111. The third-order valence-corrected chi connectivity index (χ3v) is 3.06. The van der Waals surface area contributed by atoms with Gasteiger partial charge in [0.25, 0.3) is 0 Å². The van der Waals surface area contributed by atoms with Gasteiger partial charge < -0.3 is 0 Å². The number of fused-ring (bicyclic) bond motifs is 1.